The Hall–Kier alpha value is -0.553. The largest absolute Gasteiger partial charge is 0.441 e. The lowest BCUT2D eigenvalue weighted by Gasteiger charge is -2.39. The summed E-state index contributed by atoms with van der Waals surface area (Å²) in [5.74, 6) is 0. The quantitative estimate of drug-likeness (QED) is 0.774. The van der Waals surface area contributed by atoms with Gasteiger partial charge < -0.3 is 14.5 Å². The van der Waals surface area contributed by atoms with Crippen LogP contribution in [0.5, 0.6) is 0 Å². The molecule has 1 aliphatic carbocycles. The molecule has 1 amide bonds. The molecule has 2 fully saturated rings. The van der Waals surface area contributed by atoms with Crippen LogP contribution in [-0.4, -0.2) is 32.7 Å². The number of nitrogens with one attached hydrogen (secondary N) is 1. The molecule has 98 valence electrons. The molecule has 1 saturated carbocycles. The third-order valence-electron chi connectivity index (χ3n) is 4.32. The smallest absolute Gasteiger partial charge is 0.407 e. The van der Waals surface area contributed by atoms with Crippen LogP contribution in [0.25, 0.3) is 0 Å². The minimum Gasteiger partial charge on any atom is -0.441 e. The van der Waals surface area contributed by atoms with E-state index in [1.165, 1.54) is 0 Å². The van der Waals surface area contributed by atoms with E-state index in [1.807, 2.05) is 0 Å². The predicted molar refractivity (Wildman–Crippen MR) is 68.5 cm³/mol. The minimum absolute atomic E-state index is 0.0726. The maximum Gasteiger partial charge on any atom is 0.407 e. The molecule has 1 heterocycles. The highest BCUT2D eigenvalue weighted by Gasteiger charge is 2.49. The van der Waals surface area contributed by atoms with Gasteiger partial charge in [-0.2, -0.15) is 0 Å². The van der Waals surface area contributed by atoms with Crippen LogP contribution in [0, 0.1) is 0 Å². The Bertz CT molecular complexity index is 324. The Morgan fingerprint density at radius 1 is 1.35 bits per heavy atom. The Morgan fingerprint density at radius 2 is 2.00 bits per heavy atom. The molecule has 0 radical (unpaired) electrons. The van der Waals surface area contributed by atoms with E-state index in [4.69, 9.17) is 9.16 Å². The average molecular weight is 257 g/mol. The number of carbonyl (C=O) groups excluding carboxylic acids is 1. The number of carbonyl (C=O) groups is 1. The van der Waals surface area contributed by atoms with E-state index in [1.54, 1.807) is 0 Å². The van der Waals surface area contributed by atoms with E-state index >= 15 is 0 Å². The van der Waals surface area contributed by atoms with Crippen molar-refractivity contribution in [2.75, 3.05) is 0 Å². The molecular formula is C12H23NO3Si. The van der Waals surface area contributed by atoms with Gasteiger partial charge in [0.15, 0.2) is 8.32 Å². The number of fused-ring (bicyclic) bond motifs is 1. The maximum atomic E-state index is 11.2. The monoisotopic (exact) mass is 257 g/mol. The van der Waals surface area contributed by atoms with Crippen molar-refractivity contribution in [2.45, 2.75) is 70.0 Å². The van der Waals surface area contributed by atoms with E-state index in [0.29, 0.717) is 0 Å². The summed E-state index contributed by atoms with van der Waals surface area (Å²) in [7, 11) is -1.77. The molecule has 0 aromatic rings. The summed E-state index contributed by atoms with van der Waals surface area (Å²) in [5.41, 5.74) is 0. The Kier molecular flexibility index (Phi) is 3.02. The first kappa shape index (κ1) is 12.9. The molecule has 0 bridgehead atoms. The van der Waals surface area contributed by atoms with Gasteiger partial charge in [-0.05, 0) is 31.0 Å². The lowest BCUT2D eigenvalue weighted by molar-refractivity contribution is 0.0495. The Morgan fingerprint density at radius 3 is 2.59 bits per heavy atom. The first-order valence-electron chi connectivity index (χ1n) is 6.36. The van der Waals surface area contributed by atoms with Gasteiger partial charge in [0, 0.05) is 0 Å². The molecule has 0 aromatic heterocycles. The van der Waals surface area contributed by atoms with Gasteiger partial charge >= 0.3 is 6.09 Å². The molecule has 1 saturated heterocycles. The molecular weight excluding hydrogens is 234 g/mol. The molecule has 2 aliphatic rings. The number of hydrogen-bond acceptors (Lipinski definition) is 3. The van der Waals surface area contributed by atoms with Crippen LogP contribution in [-0.2, 0) is 9.16 Å². The number of amides is 1. The van der Waals surface area contributed by atoms with E-state index < -0.39 is 8.32 Å². The van der Waals surface area contributed by atoms with Crippen LogP contribution in [0.2, 0.25) is 18.1 Å². The molecule has 0 spiro atoms. The zero-order valence-corrected chi connectivity index (χ0v) is 12.4. The topological polar surface area (TPSA) is 47.6 Å². The minimum atomic E-state index is -1.77. The molecule has 0 unspecified atom stereocenters. The van der Waals surface area contributed by atoms with E-state index in [-0.39, 0.29) is 29.4 Å². The molecule has 2 rings (SSSR count). The lowest BCUT2D eigenvalue weighted by Crippen LogP contribution is -2.46. The fraction of sp³-hybridized carbons (Fsp3) is 0.917. The van der Waals surface area contributed by atoms with Gasteiger partial charge in [-0.1, -0.05) is 20.8 Å². The van der Waals surface area contributed by atoms with Crippen LogP contribution in [0.4, 0.5) is 4.79 Å². The third-order valence-corrected chi connectivity index (χ3v) is 8.83. The SMILES string of the molecule is CC(C)(C)[Si](C)(C)O[C@@H]1CC[C@H]2NC(=O)O[C@H]21. The highest BCUT2D eigenvalue weighted by atomic mass is 28.4. The second kappa shape index (κ2) is 3.98. The van der Waals surface area contributed by atoms with Crippen LogP contribution in [0.1, 0.15) is 33.6 Å². The standard InChI is InChI=1S/C12H23NO3Si/c1-12(2,3)17(4,5)16-9-7-6-8-10(9)15-11(14)13-8/h8-10H,6-7H2,1-5H3,(H,13,14)/t8-,9-,10-/m1/s1. The van der Waals surface area contributed by atoms with Crippen molar-refractivity contribution in [2.24, 2.45) is 0 Å². The second-order valence-corrected chi connectivity index (χ2v) is 11.4. The predicted octanol–water partition coefficient (Wildman–Crippen LogP) is 2.65. The summed E-state index contributed by atoms with van der Waals surface area (Å²) in [4.78, 5) is 11.2. The first-order chi connectivity index (χ1) is 7.71. The zero-order valence-electron chi connectivity index (χ0n) is 11.4. The van der Waals surface area contributed by atoms with E-state index in [9.17, 15) is 4.79 Å². The highest BCUT2D eigenvalue weighted by molar-refractivity contribution is 6.74. The molecule has 4 nitrogen and oxygen atoms in total. The average Bonchev–Trinajstić information content (AvgIpc) is 2.65. The van der Waals surface area contributed by atoms with Gasteiger partial charge in [0.1, 0.15) is 6.10 Å². The number of rotatable bonds is 2. The van der Waals surface area contributed by atoms with Crippen LogP contribution >= 0.6 is 0 Å². The molecule has 0 aromatic carbocycles. The summed E-state index contributed by atoms with van der Waals surface area (Å²) in [6, 6.07) is 0.164. The molecule has 3 atom stereocenters. The fourth-order valence-electron chi connectivity index (χ4n) is 2.23. The van der Waals surface area contributed by atoms with Crippen molar-refractivity contribution in [3.05, 3.63) is 0 Å². The van der Waals surface area contributed by atoms with Crippen molar-refractivity contribution in [3.63, 3.8) is 0 Å². The number of ether oxygens (including phenoxy) is 1. The fourth-order valence-corrected chi connectivity index (χ4v) is 3.60. The van der Waals surface area contributed by atoms with Crippen molar-refractivity contribution >= 4 is 14.4 Å². The van der Waals surface area contributed by atoms with Gasteiger partial charge in [-0.25, -0.2) is 4.79 Å². The van der Waals surface area contributed by atoms with Crippen molar-refractivity contribution in [3.8, 4) is 0 Å². The summed E-state index contributed by atoms with van der Waals surface area (Å²) < 4.78 is 11.7. The summed E-state index contributed by atoms with van der Waals surface area (Å²) in [5, 5.41) is 3.04. The Balaban J connectivity index is 2.03. The third kappa shape index (κ3) is 2.35. The Labute approximate surface area is 104 Å². The summed E-state index contributed by atoms with van der Waals surface area (Å²) in [6.45, 7) is 11.2. The first-order valence-corrected chi connectivity index (χ1v) is 9.26. The van der Waals surface area contributed by atoms with Crippen molar-refractivity contribution in [1.82, 2.24) is 5.32 Å². The van der Waals surface area contributed by atoms with Gasteiger partial charge in [0.05, 0.1) is 12.1 Å². The van der Waals surface area contributed by atoms with Crippen molar-refractivity contribution < 1.29 is 14.0 Å². The van der Waals surface area contributed by atoms with Gasteiger partial charge in [0.2, 0.25) is 0 Å². The normalized spacial score (nSPS) is 33.2. The number of hydrogen-bond donors (Lipinski definition) is 1. The molecule has 5 heteroatoms. The highest BCUT2D eigenvalue weighted by Crippen LogP contribution is 2.40. The molecule has 1 N–H and O–H groups in total. The summed E-state index contributed by atoms with van der Waals surface area (Å²) in [6.07, 6.45) is 1.68. The van der Waals surface area contributed by atoms with Crippen LogP contribution in [0.3, 0.4) is 0 Å². The van der Waals surface area contributed by atoms with Crippen molar-refractivity contribution in [1.29, 1.82) is 0 Å². The number of alkyl carbamates (subject to hydrolysis) is 1. The lowest BCUT2D eigenvalue weighted by atomic mass is 10.2. The maximum absolute atomic E-state index is 11.2. The van der Waals surface area contributed by atoms with Gasteiger partial charge in [-0.3, -0.25) is 0 Å². The molecule has 1 aliphatic heterocycles. The van der Waals surface area contributed by atoms with Gasteiger partial charge in [0.25, 0.3) is 0 Å². The van der Waals surface area contributed by atoms with E-state index in [0.717, 1.165) is 12.8 Å². The summed E-state index contributed by atoms with van der Waals surface area (Å²) >= 11 is 0. The zero-order chi connectivity index (χ0) is 12.8. The second-order valence-electron chi connectivity index (χ2n) is 6.61. The van der Waals surface area contributed by atoms with Gasteiger partial charge in [-0.15, -0.1) is 0 Å². The van der Waals surface area contributed by atoms with Crippen LogP contribution in [0.15, 0.2) is 0 Å². The molecule has 17 heavy (non-hydrogen) atoms. The van der Waals surface area contributed by atoms with Crippen LogP contribution < -0.4 is 5.32 Å². The van der Waals surface area contributed by atoms with E-state index in [2.05, 4.69) is 39.2 Å².